The van der Waals surface area contributed by atoms with Crippen molar-refractivity contribution in [3.05, 3.63) is 0 Å². The molecular formula is C16H26N2O4. The summed E-state index contributed by atoms with van der Waals surface area (Å²) in [5.41, 5.74) is 0. The average molecular weight is 310 g/mol. The van der Waals surface area contributed by atoms with Gasteiger partial charge in [-0.3, -0.25) is 4.79 Å². The molecule has 6 heteroatoms. The molecule has 2 aliphatic rings. The van der Waals surface area contributed by atoms with Crippen LogP contribution in [0, 0.1) is 12.3 Å². The maximum absolute atomic E-state index is 12.7. The van der Waals surface area contributed by atoms with Crippen LogP contribution in [-0.2, 0) is 9.53 Å². The van der Waals surface area contributed by atoms with Gasteiger partial charge in [0, 0.05) is 19.0 Å². The molecule has 3 atom stereocenters. The van der Waals surface area contributed by atoms with Gasteiger partial charge in [0.2, 0.25) is 0 Å². The number of ether oxygens (including phenoxy) is 1. The van der Waals surface area contributed by atoms with Crippen LogP contribution in [0.1, 0.15) is 25.7 Å². The van der Waals surface area contributed by atoms with E-state index in [0.29, 0.717) is 13.0 Å². The van der Waals surface area contributed by atoms with Crippen molar-refractivity contribution >= 4 is 5.91 Å². The average Bonchev–Trinajstić information content (AvgIpc) is 2.84. The van der Waals surface area contributed by atoms with Gasteiger partial charge in [-0.2, -0.15) is 0 Å². The van der Waals surface area contributed by atoms with Crippen LogP contribution in [-0.4, -0.2) is 83.6 Å². The molecule has 2 N–H and O–H groups in total. The first-order chi connectivity index (χ1) is 10.5. The second kappa shape index (κ2) is 7.93. The second-order valence-corrected chi connectivity index (χ2v) is 6.19. The Labute approximate surface area is 132 Å². The summed E-state index contributed by atoms with van der Waals surface area (Å²) in [6, 6.07) is 0.148. The van der Waals surface area contributed by atoms with Crippen LogP contribution in [0.4, 0.5) is 0 Å². The van der Waals surface area contributed by atoms with Crippen LogP contribution < -0.4 is 0 Å². The fourth-order valence-electron chi connectivity index (χ4n) is 3.11. The highest BCUT2D eigenvalue weighted by Crippen LogP contribution is 2.22. The third-order valence-electron chi connectivity index (χ3n) is 4.53. The Bertz CT molecular complexity index is 415. The molecule has 0 saturated carbocycles. The molecule has 1 amide bonds. The van der Waals surface area contributed by atoms with Crippen LogP contribution in [0.25, 0.3) is 0 Å². The first kappa shape index (κ1) is 17.2. The minimum Gasteiger partial charge on any atom is -0.388 e. The van der Waals surface area contributed by atoms with Crippen molar-refractivity contribution in [3.63, 3.8) is 0 Å². The third-order valence-corrected chi connectivity index (χ3v) is 4.53. The molecule has 0 aromatic heterocycles. The summed E-state index contributed by atoms with van der Waals surface area (Å²) in [5.74, 6) is 2.36. The Morgan fingerprint density at radius 1 is 1.41 bits per heavy atom. The van der Waals surface area contributed by atoms with Crippen LogP contribution in [0.5, 0.6) is 0 Å². The van der Waals surface area contributed by atoms with Crippen LogP contribution in [0.15, 0.2) is 0 Å². The molecule has 124 valence electrons. The van der Waals surface area contributed by atoms with Gasteiger partial charge >= 0.3 is 0 Å². The van der Waals surface area contributed by atoms with Gasteiger partial charge in [-0.25, -0.2) is 0 Å². The van der Waals surface area contributed by atoms with E-state index in [1.807, 2.05) is 0 Å². The SMILES string of the molecule is C#CCCCN(C(=O)C1OCC(O)C1O)C1CCN(C)CC1. The third kappa shape index (κ3) is 3.99. The number of carbonyl (C=O) groups is 1. The molecule has 0 radical (unpaired) electrons. The van der Waals surface area contributed by atoms with E-state index in [4.69, 9.17) is 11.2 Å². The molecule has 3 unspecified atom stereocenters. The van der Waals surface area contributed by atoms with Gasteiger partial charge in [0.15, 0.2) is 6.10 Å². The standard InChI is InChI=1S/C16H26N2O4/c1-3-4-5-8-18(12-6-9-17(2)10-7-12)16(21)15-14(20)13(19)11-22-15/h1,12-15,19-20H,4-11H2,2H3. The minimum atomic E-state index is -1.14. The lowest BCUT2D eigenvalue weighted by atomic mass is 10.0. The van der Waals surface area contributed by atoms with Gasteiger partial charge in [0.1, 0.15) is 12.2 Å². The number of aliphatic hydroxyl groups is 2. The van der Waals surface area contributed by atoms with E-state index in [2.05, 4.69) is 17.9 Å². The van der Waals surface area contributed by atoms with Gasteiger partial charge < -0.3 is 24.7 Å². The molecule has 2 heterocycles. The molecule has 0 aromatic rings. The Morgan fingerprint density at radius 3 is 2.64 bits per heavy atom. The number of terminal acetylenes is 1. The van der Waals surface area contributed by atoms with Crippen molar-refractivity contribution in [3.8, 4) is 12.3 Å². The molecule has 0 aliphatic carbocycles. The monoisotopic (exact) mass is 310 g/mol. The predicted molar refractivity (Wildman–Crippen MR) is 82.1 cm³/mol. The van der Waals surface area contributed by atoms with Crippen molar-refractivity contribution < 1.29 is 19.7 Å². The largest absolute Gasteiger partial charge is 0.388 e. The number of likely N-dealkylation sites (tertiary alicyclic amines) is 1. The molecule has 0 aromatic carbocycles. The van der Waals surface area contributed by atoms with Gasteiger partial charge in [-0.15, -0.1) is 12.3 Å². The van der Waals surface area contributed by atoms with Crippen molar-refractivity contribution in [2.75, 3.05) is 33.3 Å². The van der Waals surface area contributed by atoms with E-state index in [1.54, 1.807) is 4.90 Å². The molecule has 0 bridgehead atoms. The van der Waals surface area contributed by atoms with Gasteiger partial charge in [0.25, 0.3) is 5.91 Å². The topological polar surface area (TPSA) is 73.2 Å². The van der Waals surface area contributed by atoms with Crippen LogP contribution in [0.3, 0.4) is 0 Å². The van der Waals surface area contributed by atoms with E-state index in [1.165, 1.54) is 0 Å². The number of nitrogens with zero attached hydrogens (tertiary/aromatic N) is 2. The van der Waals surface area contributed by atoms with E-state index in [0.717, 1.165) is 32.4 Å². The molecule has 6 nitrogen and oxygen atoms in total. The zero-order valence-corrected chi connectivity index (χ0v) is 13.1. The van der Waals surface area contributed by atoms with E-state index >= 15 is 0 Å². The first-order valence-electron chi connectivity index (χ1n) is 7.94. The number of hydrogen-bond donors (Lipinski definition) is 2. The van der Waals surface area contributed by atoms with Gasteiger partial charge in [0.05, 0.1) is 6.61 Å². The zero-order chi connectivity index (χ0) is 16.1. The normalized spacial score (nSPS) is 30.2. The molecule has 2 aliphatic heterocycles. The number of carbonyl (C=O) groups excluding carboxylic acids is 1. The summed E-state index contributed by atoms with van der Waals surface area (Å²) in [6.45, 7) is 2.46. The number of aliphatic hydroxyl groups excluding tert-OH is 2. The van der Waals surface area contributed by atoms with Crippen molar-refractivity contribution in [2.24, 2.45) is 0 Å². The highest BCUT2D eigenvalue weighted by Gasteiger charge is 2.42. The highest BCUT2D eigenvalue weighted by atomic mass is 16.5. The summed E-state index contributed by atoms with van der Waals surface area (Å²) >= 11 is 0. The lowest BCUT2D eigenvalue weighted by molar-refractivity contribution is -0.148. The van der Waals surface area contributed by atoms with E-state index in [-0.39, 0.29) is 18.6 Å². The highest BCUT2D eigenvalue weighted by molar-refractivity contribution is 5.82. The Morgan fingerprint density at radius 2 is 2.09 bits per heavy atom. The predicted octanol–water partition coefficient (Wildman–Crippen LogP) is -0.557. The fraction of sp³-hybridized carbons (Fsp3) is 0.812. The van der Waals surface area contributed by atoms with Crippen molar-refractivity contribution in [1.82, 2.24) is 9.80 Å². The minimum absolute atomic E-state index is 0.00315. The second-order valence-electron chi connectivity index (χ2n) is 6.19. The summed E-state index contributed by atoms with van der Waals surface area (Å²) < 4.78 is 5.30. The van der Waals surface area contributed by atoms with E-state index < -0.39 is 18.3 Å². The molecule has 0 spiro atoms. The molecule has 2 saturated heterocycles. The van der Waals surface area contributed by atoms with E-state index in [9.17, 15) is 15.0 Å². The first-order valence-corrected chi connectivity index (χ1v) is 7.94. The number of hydrogen-bond acceptors (Lipinski definition) is 5. The summed E-state index contributed by atoms with van der Waals surface area (Å²) in [5, 5.41) is 19.5. The summed E-state index contributed by atoms with van der Waals surface area (Å²) in [6.07, 6.45) is 5.37. The molecule has 22 heavy (non-hydrogen) atoms. The van der Waals surface area contributed by atoms with Crippen molar-refractivity contribution in [1.29, 1.82) is 0 Å². The number of piperidine rings is 1. The Hall–Kier alpha value is -1.13. The van der Waals surface area contributed by atoms with Crippen molar-refractivity contribution in [2.45, 2.75) is 50.0 Å². The maximum Gasteiger partial charge on any atom is 0.254 e. The summed E-state index contributed by atoms with van der Waals surface area (Å²) in [7, 11) is 2.07. The molecular weight excluding hydrogens is 284 g/mol. The summed E-state index contributed by atoms with van der Waals surface area (Å²) in [4.78, 5) is 16.8. The van der Waals surface area contributed by atoms with Gasteiger partial charge in [-0.05, 0) is 39.4 Å². The zero-order valence-electron chi connectivity index (χ0n) is 13.1. The number of amides is 1. The smallest absolute Gasteiger partial charge is 0.254 e. The van der Waals surface area contributed by atoms with Gasteiger partial charge in [-0.1, -0.05) is 0 Å². The van der Waals surface area contributed by atoms with Crippen LogP contribution in [0.2, 0.25) is 0 Å². The lowest BCUT2D eigenvalue weighted by Gasteiger charge is -2.38. The Kier molecular flexibility index (Phi) is 6.21. The maximum atomic E-state index is 12.7. The quantitative estimate of drug-likeness (QED) is 0.526. The fourth-order valence-corrected chi connectivity index (χ4v) is 3.11. The number of unbranched alkanes of at least 4 members (excludes halogenated alkanes) is 1. The number of rotatable bonds is 5. The van der Waals surface area contributed by atoms with Crippen LogP contribution >= 0.6 is 0 Å². The molecule has 2 fully saturated rings. The lowest BCUT2D eigenvalue weighted by Crippen LogP contribution is -2.52. The Balaban J connectivity index is 2.03. The molecule has 2 rings (SSSR count).